The second-order valence-electron chi connectivity index (χ2n) is 4.83. The molecule has 1 fully saturated rings. The van der Waals surface area contributed by atoms with Gasteiger partial charge < -0.3 is 16.2 Å². The highest BCUT2D eigenvalue weighted by Crippen LogP contribution is 2.19. The molecule has 1 aliphatic carbocycles. The van der Waals surface area contributed by atoms with Crippen LogP contribution in [0, 0.1) is 5.92 Å². The summed E-state index contributed by atoms with van der Waals surface area (Å²) in [7, 11) is 0. The zero-order valence-corrected chi connectivity index (χ0v) is 9.41. The lowest BCUT2D eigenvalue weighted by molar-refractivity contribution is 0.00688. The van der Waals surface area contributed by atoms with Gasteiger partial charge in [0.1, 0.15) is 0 Å². The van der Waals surface area contributed by atoms with E-state index in [2.05, 4.69) is 13.8 Å². The van der Waals surface area contributed by atoms with Gasteiger partial charge in [0.2, 0.25) is 0 Å². The van der Waals surface area contributed by atoms with Gasteiger partial charge in [-0.25, -0.2) is 0 Å². The van der Waals surface area contributed by atoms with Crippen LogP contribution < -0.4 is 11.5 Å². The Morgan fingerprint density at radius 1 is 1.29 bits per heavy atom. The second kappa shape index (κ2) is 5.69. The van der Waals surface area contributed by atoms with Crippen LogP contribution in [-0.4, -0.2) is 24.8 Å². The minimum atomic E-state index is 0.144. The Bertz CT molecular complexity index is 161. The van der Waals surface area contributed by atoms with Crippen molar-refractivity contribution in [2.45, 2.75) is 57.7 Å². The number of rotatable bonds is 4. The van der Waals surface area contributed by atoms with E-state index in [4.69, 9.17) is 16.2 Å². The molecule has 0 spiro atoms. The van der Waals surface area contributed by atoms with Crippen LogP contribution in [0.3, 0.4) is 0 Å². The molecule has 0 aliphatic heterocycles. The molecule has 3 atom stereocenters. The second-order valence-corrected chi connectivity index (χ2v) is 4.83. The summed E-state index contributed by atoms with van der Waals surface area (Å²) in [5, 5.41) is 0. The van der Waals surface area contributed by atoms with Crippen molar-refractivity contribution in [3.05, 3.63) is 0 Å². The Morgan fingerprint density at radius 3 is 2.57 bits per heavy atom. The van der Waals surface area contributed by atoms with Crippen LogP contribution in [0.25, 0.3) is 0 Å². The molecule has 1 aliphatic rings. The third kappa shape index (κ3) is 3.95. The van der Waals surface area contributed by atoms with Crippen molar-refractivity contribution >= 4 is 0 Å². The van der Waals surface area contributed by atoms with Crippen molar-refractivity contribution < 1.29 is 4.74 Å². The maximum Gasteiger partial charge on any atom is 0.0727 e. The third-order valence-corrected chi connectivity index (χ3v) is 2.90. The van der Waals surface area contributed by atoms with E-state index in [1.54, 1.807) is 0 Å². The third-order valence-electron chi connectivity index (χ3n) is 2.90. The topological polar surface area (TPSA) is 61.3 Å². The number of hydrogen-bond donors (Lipinski definition) is 2. The summed E-state index contributed by atoms with van der Waals surface area (Å²) in [5.41, 5.74) is 11.8. The van der Waals surface area contributed by atoms with E-state index in [0.29, 0.717) is 5.92 Å². The first-order valence-corrected chi connectivity index (χ1v) is 5.72. The monoisotopic (exact) mass is 200 g/mol. The SMILES string of the molecule is CC(C)CCOC1CCC(N)CC1N. The van der Waals surface area contributed by atoms with Gasteiger partial charge in [0.15, 0.2) is 0 Å². The average Bonchev–Trinajstić information content (AvgIpc) is 2.08. The summed E-state index contributed by atoms with van der Waals surface area (Å²) in [5.74, 6) is 0.706. The van der Waals surface area contributed by atoms with Gasteiger partial charge in [0.05, 0.1) is 6.10 Å². The van der Waals surface area contributed by atoms with Crippen molar-refractivity contribution in [1.29, 1.82) is 0 Å². The minimum Gasteiger partial charge on any atom is -0.377 e. The molecule has 0 aromatic carbocycles. The quantitative estimate of drug-likeness (QED) is 0.718. The summed E-state index contributed by atoms with van der Waals surface area (Å²) >= 11 is 0. The van der Waals surface area contributed by atoms with Gasteiger partial charge in [-0.15, -0.1) is 0 Å². The zero-order valence-electron chi connectivity index (χ0n) is 9.41. The van der Waals surface area contributed by atoms with Gasteiger partial charge in [-0.3, -0.25) is 0 Å². The minimum absolute atomic E-state index is 0.144. The molecule has 0 aromatic heterocycles. The van der Waals surface area contributed by atoms with Crippen LogP contribution in [0.1, 0.15) is 39.5 Å². The van der Waals surface area contributed by atoms with Crippen molar-refractivity contribution in [2.75, 3.05) is 6.61 Å². The van der Waals surface area contributed by atoms with Gasteiger partial charge in [0, 0.05) is 18.7 Å². The van der Waals surface area contributed by atoms with E-state index in [0.717, 1.165) is 32.3 Å². The molecular weight excluding hydrogens is 176 g/mol. The summed E-state index contributed by atoms with van der Waals surface area (Å²) in [6.45, 7) is 5.26. The van der Waals surface area contributed by atoms with E-state index >= 15 is 0 Å². The van der Waals surface area contributed by atoms with E-state index in [9.17, 15) is 0 Å². The molecule has 3 nitrogen and oxygen atoms in total. The molecule has 0 bridgehead atoms. The van der Waals surface area contributed by atoms with Crippen molar-refractivity contribution in [3.63, 3.8) is 0 Å². The molecule has 0 saturated heterocycles. The van der Waals surface area contributed by atoms with Crippen LogP contribution >= 0.6 is 0 Å². The van der Waals surface area contributed by atoms with Gasteiger partial charge in [-0.1, -0.05) is 13.8 Å². The first-order chi connectivity index (χ1) is 6.59. The Balaban J connectivity index is 2.17. The molecule has 84 valence electrons. The van der Waals surface area contributed by atoms with Crippen LogP contribution in [0.5, 0.6) is 0 Å². The van der Waals surface area contributed by atoms with E-state index in [1.807, 2.05) is 0 Å². The molecule has 3 heteroatoms. The lowest BCUT2D eigenvalue weighted by Gasteiger charge is -2.32. The predicted molar refractivity (Wildman–Crippen MR) is 59.0 cm³/mol. The maximum absolute atomic E-state index is 5.98. The first-order valence-electron chi connectivity index (χ1n) is 5.72. The van der Waals surface area contributed by atoms with Crippen LogP contribution in [-0.2, 0) is 4.74 Å². The lowest BCUT2D eigenvalue weighted by Crippen LogP contribution is -2.46. The maximum atomic E-state index is 5.98. The molecule has 0 amide bonds. The van der Waals surface area contributed by atoms with Crippen LogP contribution in [0.2, 0.25) is 0 Å². The average molecular weight is 200 g/mol. The van der Waals surface area contributed by atoms with E-state index < -0.39 is 0 Å². The molecule has 1 rings (SSSR count). The normalized spacial score (nSPS) is 33.6. The van der Waals surface area contributed by atoms with Gasteiger partial charge in [0.25, 0.3) is 0 Å². The summed E-state index contributed by atoms with van der Waals surface area (Å²) in [4.78, 5) is 0. The highest BCUT2D eigenvalue weighted by Gasteiger charge is 2.26. The smallest absolute Gasteiger partial charge is 0.0727 e. The largest absolute Gasteiger partial charge is 0.377 e. The summed E-state index contributed by atoms with van der Waals surface area (Å²) in [6.07, 6.45) is 4.36. The highest BCUT2D eigenvalue weighted by atomic mass is 16.5. The molecule has 14 heavy (non-hydrogen) atoms. The lowest BCUT2D eigenvalue weighted by atomic mass is 9.89. The number of nitrogens with two attached hydrogens (primary N) is 2. The van der Waals surface area contributed by atoms with Gasteiger partial charge in [-0.05, 0) is 31.6 Å². The summed E-state index contributed by atoms with van der Waals surface area (Å²) < 4.78 is 5.77. The zero-order chi connectivity index (χ0) is 10.6. The Morgan fingerprint density at radius 2 is 2.00 bits per heavy atom. The summed E-state index contributed by atoms with van der Waals surface area (Å²) in [6, 6.07) is 0.431. The molecule has 4 N–H and O–H groups in total. The van der Waals surface area contributed by atoms with E-state index in [1.165, 1.54) is 0 Å². The van der Waals surface area contributed by atoms with E-state index in [-0.39, 0.29) is 18.2 Å². The van der Waals surface area contributed by atoms with Crippen molar-refractivity contribution in [3.8, 4) is 0 Å². The highest BCUT2D eigenvalue weighted by molar-refractivity contribution is 4.85. The first kappa shape index (κ1) is 12.0. The van der Waals surface area contributed by atoms with Gasteiger partial charge >= 0.3 is 0 Å². The number of ether oxygens (including phenoxy) is 1. The van der Waals surface area contributed by atoms with Crippen molar-refractivity contribution in [2.24, 2.45) is 17.4 Å². The fourth-order valence-electron chi connectivity index (χ4n) is 1.87. The predicted octanol–water partition coefficient (Wildman–Crippen LogP) is 1.26. The van der Waals surface area contributed by atoms with Crippen LogP contribution in [0.15, 0.2) is 0 Å². The molecule has 1 saturated carbocycles. The van der Waals surface area contributed by atoms with Crippen LogP contribution in [0.4, 0.5) is 0 Å². The molecular formula is C11H24N2O. The fraction of sp³-hybridized carbons (Fsp3) is 1.00. The Hall–Kier alpha value is -0.120. The Kier molecular flexibility index (Phi) is 4.85. The Labute approximate surface area is 87.2 Å². The van der Waals surface area contributed by atoms with Crippen molar-refractivity contribution in [1.82, 2.24) is 0 Å². The standard InChI is InChI=1S/C11H24N2O/c1-8(2)5-6-14-11-4-3-9(12)7-10(11)13/h8-11H,3-7,12-13H2,1-2H3. The molecule has 0 heterocycles. The van der Waals surface area contributed by atoms with Gasteiger partial charge in [-0.2, -0.15) is 0 Å². The fourth-order valence-corrected chi connectivity index (χ4v) is 1.87. The number of hydrogen-bond acceptors (Lipinski definition) is 3. The molecule has 3 unspecified atom stereocenters. The molecule has 0 radical (unpaired) electrons. The molecule has 0 aromatic rings.